The van der Waals surface area contributed by atoms with E-state index in [1.165, 1.54) is 11.1 Å². The van der Waals surface area contributed by atoms with E-state index in [-0.39, 0.29) is 0 Å². The monoisotopic (exact) mass is 340 g/mol. The Morgan fingerprint density at radius 3 is 2.24 bits per heavy atom. The van der Waals surface area contributed by atoms with Gasteiger partial charge in [0.2, 0.25) is 0 Å². The van der Waals surface area contributed by atoms with E-state index in [1.54, 1.807) is 14.2 Å². The molecule has 0 radical (unpaired) electrons. The number of ether oxygens (including phenoxy) is 2. The Bertz CT molecular complexity index is 692. The van der Waals surface area contributed by atoms with Gasteiger partial charge in [0, 0.05) is 31.4 Å². The van der Waals surface area contributed by atoms with Crippen LogP contribution in [0, 0.1) is 5.92 Å². The van der Waals surface area contributed by atoms with Gasteiger partial charge in [0.1, 0.15) is 0 Å². The van der Waals surface area contributed by atoms with Crippen LogP contribution in [0.25, 0.3) is 0 Å². The molecule has 134 valence electrons. The largest absolute Gasteiger partial charge is 0.493 e. The lowest BCUT2D eigenvalue weighted by Gasteiger charge is -2.31. The fraction of sp³-hybridized carbons (Fsp3) is 0.429. The molecule has 1 aliphatic carbocycles. The summed E-state index contributed by atoms with van der Waals surface area (Å²) in [5.74, 6) is 2.15. The van der Waals surface area contributed by atoms with Crippen molar-refractivity contribution >= 4 is 5.69 Å². The summed E-state index contributed by atoms with van der Waals surface area (Å²) in [4.78, 5) is 2.27. The molecule has 1 unspecified atom stereocenters. The average Bonchev–Trinajstić information content (AvgIpc) is 3.07. The van der Waals surface area contributed by atoms with Gasteiger partial charge in [-0.25, -0.2) is 0 Å². The van der Waals surface area contributed by atoms with Gasteiger partial charge in [-0.05, 0) is 48.4 Å². The summed E-state index contributed by atoms with van der Waals surface area (Å²) >= 11 is 0. The number of nitrogens with two attached hydrogens (primary N) is 1. The maximum Gasteiger partial charge on any atom is 0.162 e. The second kappa shape index (κ2) is 7.79. The van der Waals surface area contributed by atoms with Gasteiger partial charge in [-0.15, -0.1) is 0 Å². The summed E-state index contributed by atoms with van der Waals surface area (Å²) in [7, 11) is 5.43. The van der Waals surface area contributed by atoms with Crippen LogP contribution in [0.1, 0.15) is 17.5 Å². The molecule has 2 aromatic rings. The minimum absolute atomic E-state index is 0.303. The predicted molar refractivity (Wildman–Crippen MR) is 103 cm³/mol. The SMILES string of the molecule is COc1ccc(N(C)C(CN)CC2Cc3ccccc3C2)cc1OC. The highest BCUT2D eigenvalue weighted by molar-refractivity contribution is 5.56. The number of nitrogens with zero attached hydrogens (tertiary/aromatic N) is 1. The third-order valence-electron chi connectivity index (χ3n) is 5.34. The van der Waals surface area contributed by atoms with E-state index in [1.807, 2.05) is 12.1 Å². The first-order valence-electron chi connectivity index (χ1n) is 8.88. The summed E-state index contributed by atoms with van der Waals surface area (Å²) in [5, 5.41) is 0. The van der Waals surface area contributed by atoms with Gasteiger partial charge in [0.05, 0.1) is 14.2 Å². The van der Waals surface area contributed by atoms with Crippen molar-refractivity contribution in [3.63, 3.8) is 0 Å². The minimum atomic E-state index is 0.303. The van der Waals surface area contributed by atoms with Gasteiger partial charge in [-0.1, -0.05) is 24.3 Å². The molecule has 0 fully saturated rings. The molecule has 2 aromatic carbocycles. The van der Waals surface area contributed by atoms with Crippen LogP contribution in [-0.4, -0.2) is 33.9 Å². The van der Waals surface area contributed by atoms with Crippen molar-refractivity contribution < 1.29 is 9.47 Å². The van der Waals surface area contributed by atoms with E-state index in [4.69, 9.17) is 15.2 Å². The highest BCUT2D eigenvalue weighted by Gasteiger charge is 2.26. The van der Waals surface area contributed by atoms with E-state index < -0.39 is 0 Å². The number of fused-ring (bicyclic) bond motifs is 1. The van der Waals surface area contributed by atoms with Crippen molar-refractivity contribution in [1.29, 1.82) is 0 Å². The zero-order valence-corrected chi connectivity index (χ0v) is 15.4. The van der Waals surface area contributed by atoms with Crippen molar-refractivity contribution in [2.24, 2.45) is 11.7 Å². The van der Waals surface area contributed by atoms with Crippen LogP contribution in [0.4, 0.5) is 5.69 Å². The number of benzene rings is 2. The molecule has 25 heavy (non-hydrogen) atoms. The van der Waals surface area contributed by atoms with Crippen molar-refractivity contribution in [3.8, 4) is 11.5 Å². The number of anilines is 1. The van der Waals surface area contributed by atoms with Crippen LogP contribution >= 0.6 is 0 Å². The molecule has 0 bridgehead atoms. The van der Waals surface area contributed by atoms with Gasteiger partial charge in [0.25, 0.3) is 0 Å². The zero-order chi connectivity index (χ0) is 17.8. The van der Waals surface area contributed by atoms with Gasteiger partial charge in [0.15, 0.2) is 11.5 Å². The van der Waals surface area contributed by atoms with Crippen molar-refractivity contribution in [1.82, 2.24) is 0 Å². The molecule has 4 nitrogen and oxygen atoms in total. The Hall–Kier alpha value is -2.20. The molecule has 0 amide bonds. The Kier molecular flexibility index (Phi) is 5.49. The third-order valence-corrected chi connectivity index (χ3v) is 5.34. The zero-order valence-electron chi connectivity index (χ0n) is 15.4. The molecular formula is C21H28N2O2. The van der Waals surface area contributed by atoms with E-state index in [0.29, 0.717) is 18.5 Å². The topological polar surface area (TPSA) is 47.7 Å². The molecule has 0 aliphatic heterocycles. The number of rotatable bonds is 7. The third kappa shape index (κ3) is 3.74. The highest BCUT2D eigenvalue weighted by atomic mass is 16.5. The van der Waals surface area contributed by atoms with Crippen LogP contribution < -0.4 is 20.1 Å². The summed E-state index contributed by atoms with van der Waals surface area (Å²) in [6.45, 7) is 0.637. The maximum atomic E-state index is 6.12. The first kappa shape index (κ1) is 17.6. The van der Waals surface area contributed by atoms with E-state index in [0.717, 1.165) is 36.4 Å². The van der Waals surface area contributed by atoms with Crippen LogP contribution in [-0.2, 0) is 12.8 Å². The summed E-state index contributed by atoms with van der Waals surface area (Å²) < 4.78 is 10.8. The minimum Gasteiger partial charge on any atom is -0.493 e. The number of hydrogen-bond donors (Lipinski definition) is 1. The average molecular weight is 340 g/mol. The molecular weight excluding hydrogens is 312 g/mol. The Morgan fingerprint density at radius 1 is 1.04 bits per heavy atom. The molecule has 0 heterocycles. The van der Waals surface area contributed by atoms with E-state index >= 15 is 0 Å². The fourth-order valence-electron chi connectivity index (χ4n) is 3.87. The summed E-state index contributed by atoms with van der Waals surface area (Å²) in [6, 6.07) is 15.1. The van der Waals surface area contributed by atoms with Gasteiger partial charge >= 0.3 is 0 Å². The number of likely N-dealkylation sites (N-methyl/N-ethyl adjacent to an activating group) is 1. The molecule has 1 aliphatic rings. The number of methoxy groups -OCH3 is 2. The molecule has 1 atom stereocenters. The van der Waals surface area contributed by atoms with Gasteiger partial charge in [-0.3, -0.25) is 0 Å². The molecule has 4 heteroatoms. The molecule has 2 N–H and O–H groups in total. The molecule has 3 rings (SSSR count). The second-order valence-electron chi connectivity index (χ2n) is 6.82. The van der Waals surface area contributed by atoms with Gasteiger partial charge < -0.3 is 20.1 Å². The van der Waals surface area contributed by atoms with Crippen LogP contribution in [0.3, 0.4) is 0 Å². The Labute approximate surface area is 150 Å². The smallest absolute Gasteiger partial charge is 0.162 e. The van der Waals surface area contributed by atoms with Crippen molar-refractivity contribution in [3.05, 3.63) is 53.6 Å². The van der Waals surface area contributed by atoms with Crippen LogP contribution in [0.2, 0.25) is 0 Å². The quantitative estimate of drug-likeness (QED) is 0.840. The standard InChI is InChI=1S/C21H28N2O2/c1-23(18-8-9-20(24-2)21(13-18)25-3)19(14-22)12-15-10-16-6-4-5-7-17(16)11-15/h4-9,13,15,19H,10-12,14,22H2,1-3H3. The van der Waals surface area contributed by atoms with Gasteiger partial charge in [-0.2, -0.15) is 0 Å². The molecule has 0 spiro atoms. The second-order valence-corrected chi connectivity index (χ2v) is 6.82. The Morgan fingerprint density at radius 2 is 1.68 bits per heavy atom. The predicted octanol–water partition coefficient (Wildman–Crippen LogP) is 3.27. The van der Waals surface area contributed by atoms with E-state index in [9.17, 15) is 0 Å². The first-order valence-corrected chi connectivity index (χ1v) is 8.88. The Balaban J connectivity index is 1.71. The summed E-state index contributed by atoms with van der Waals surface area (Å²) in [6.07, 6.45) is 3.41. The first-order chi connectivity index (χ1) is 12.2. The maximum absolute atomic E-state index is 6.12. The van der Waals surface area contributed by atoms with Crippen LogP contribution in [0.5, 0.6) is 11.5 Å². The lowest BCUT2D eigenvalue weighted by Crippen LogP contribution is -2.39. The summed E-state index contributed by atoms with van der Waals surface area (Å²) in [5.41, 5.74) is 10.2. The normalized spacial score (nSPS) is 14.9. The molecule has 0 saturated heterocycles. The molecule has 0 aromatic heterocycles. The number of hydrogen-bond acceptors (Lipinski definition) is 4. The van der Waals surface area contributed by atoms with Crippen molar-refractivity contribution in [2.45, 2.75) is 25.3 Å². The van der Waals surface area contributed by atoms with E-state index in [2.05, 4.69) is 42.3 Å². The molecule has 0 saturated carbocycles. The lowest BCUT2D eigenvalue weighted by molar-refractivity contribution is 0.355. The van der Waals surface area contributed by atoms with Crippen LogP contribution in [0.15, 0.2) is 42.5 Å². The lowest BCUT2D eigenvalue weighted by atomic mass is 9.96. The van der Waals surface area contributed by atoms with Crippen molar-refractivity contribution in [2.75, 3.05) is 32.7 Å². The fourth-order valence-corrected chi connectivity index (χ4v) is 3.87. The highest BCUT2D eigenvalue weighted by Crippen LogP contribution is 2.34.